The minimum absolute atomic E-state index is 0.986. The number of fused-ring (bicyclic) bond motifs is 1. The number of aromatic nitrogens is 1. The van der Waals surface area contributed by atoms with Crippen molar-refractivity contribution in [2.45, 2.75) is 58.7 Å². The van der Waals surface area contributed by atoms with Crippen molar-refractivity contribution < 1.29 is 4.57 Å². The predicted molar refractivity (Wildman–Crippen MR) is 120 cm³/mol. The van der Waals surface area contributed by atoms with Crippen LogP contribution in [0.3, 0.4) is 0 Å². The van der Waals surface area contributed by atoms with E-state index in [0.717, 1.165) is 12.0 Å². The molecule has 0 N–H and O–H groups in total. The highest BCUT2D eigenvalue weighted by Gasteiger charge is 2.40. The SMILES string of the molecule is CCc1cc(C)c(C)c(-c2c3ccc([Si](C)(C)C4CC4)cc3cc[n+]2C)c1. The van der Waals surface area contributed by atoms with E-state index in [1.165, 1.54) is 51.6 Å². The van der Waals surface area contributed by atoms with Gasteiger partial charge in [-0.05, 0) is 60.0 Å². The quantitative estimate of drug-likeness (QED) is 0.414. The van der Waals surface area contributed by atoms with Gasteiger partial charge in [-0.1, -0.05) is 56.2 Å². The molecule has 0 atom stereocenters. The molecule has 1 nitrogen and oxygen atoms in total. The van der Waals surface area contributed by atoms with Crippen LogP contribution in [-0.4, -0.2) is 8.07 Å². The monoisotopic (exact) mass is 374 g/mol. The first-order valence-electron chi connectivity index (χ1n) is 10.4. The molecule has 3 aromatic rings. The highest BCUT2D eigenvalue weighted by molar-refractivity contribution is 6.91. The first kappa shape index (κ1) is 18.4. The van der Waals surface area contributed by atoms with Crippen LogP contribution in [0.1, 0.15) is 36.5 Å². The minimum atomic E-state index is -1.31. The van der Waals surface area contributed by atoms with Gasteiger partial charge < -0.3 is 0 Å². The third-order valence-electron chi connectivity index (χ3n) is 6.87. The first-order chi connectivity index (χ1) is 12.8. The van der Waals surface area contributed by atoms with Crippen molar-refractivity contribution in [1.82, 2.24) is 0 Å². The summed E-state index contributed by atoms with van der Waals surface area (Å²) in [6.07, 6.45) is 6.19. The summed E-state index contributed by atoms with van der Waals surface area (Å²) < 4.78 is 2.30. The highest BCUT2D eigenvalue weighted by Crippen LogP contribution is 2.45. The van der Waals surface area contributed by atoms with Gasteiger partial charge in [0.25, 0.3) is 0 Å². The van der Waals surface area contributed by atoms with Gasteiger partial charge in [0.2, 0.25) is 5.69 Å². The molecule has 27 heavy (non-hydrogen) atoms. The van der Waals surface area contributed by atoms with E-state index in [4.69, 9.17) is 0 Å². The second-order valence-electron chi connectivity index (χ2n) is 9.01. The standard InChI is InChI=1S/C25H32NSi/c1-7-19-14-17(2)18(3)24(15-19)25-23-11-10-22(27(5,6)21-8-9-21)16-20(23)12-13-26(25)4/h10-16,21H,7-9H2,1-6H3/q+1. The Morgan fingerprint density at radius 2 is 1.78 bits per heavy atom. The van der Waals surface area contributed by atoms with Crippen molar-refractivity contribution in [3.05, 3.63) is 59.3 Å². The van der Waals surface area contributed by atoms with E-state index in [0.29, 0.717) is 0 Å². The summed E-state index contributed by atoms with van der Waals surface area (Å²) in [5.41, 5.74) is 7.92. The maximum absolute atomic E-state index is 2.55. The number of aryl methyl sites for hydroxylation is 3. The second-order valence-corrected chi connectivity index (χ2v) is 13.8. The van der Waals surface area contributed by atoms with Gasteiger partial charge in [0.1, 0.15) is 7.05 Å². The zero-order valence-electron chi connectivity index (χ0n) is 17.7. The third kappa shape index (κ3) is 3.14. The normalized spacial score (nSPS) is 14.7. The Bertz CT molecular complexity index is 1030. The molecule has 140 valence electrons. The Morgan fingerprint density at radius 3 is 2.44 bits per heavy atom. The van der Waals surface area contributed by atoms with Crippen LogP contribution in [0.15, 0.2) is 42.6 Å². The Kier molecular flexibility index (Phi) is 4.50. The minimum Gasteiger partial charge on any atom is -0.200 e. The molecule has 0 radical (unpaired) electrons. The topological polar surface area (TPSA) is 3.88 Å². The molecule has 1 saturated carbocycles. The Morgan fingerprint density at radius 1 is 1.04 bits per heavy atom. The highest BCUT2D eigenvalue weighted by atomic mass is 28.3. The molecule has 1 heterocycles. The summed E-state index contributed by atoms with van der Waals surface area (Å²) in [6, 6.07) is 14.4. The zero-order valence-corrected chi connectivity index (χ0v) is 18.7. The van der Waals surface area contributed by atoms with Crippen LogP contribution in [-0.2, 0) is 13.5 Å². The number of benzene rings is 2. The van der Waals surface area contributed by atoms with Gasteiger partial charge in [-0.2, -0.15) is 0 Å². The second kappa shape index (κ2) is 6.59. The summed E-state index contributed by atoms with van der Waals surface area (Å²) in [7, 11) is 0.865. The fourth-order valence-electron chi connectivity index (χ4n) is 4.53. The molecule has 1 aliphatic rings. The van der Waals surface area contributed by atoms with E-state index in [-0.39, 0.29) is 0 Å². The average Bonchev–Trinajstić information content (AvgIpc) is 3.49. The van der Waals surface area contributed by atoms with Crippen LogP contribution in [0.2, 0.25) is 18.6 Å². The van der Waals surface area contributed by atoms with E-state index in [1.807, 2.05) is 0 Å². The molecule has 0 unspecified atom stereocenters. The zero-order chi connectivity index (χ0) is 19.3. The van der Waals surface area contributed by atoms with Gasteiger partial charge in [-0.3, -0.25) is 0 Å². The van der Waals surface area contributed by atoms with Crippen LogP contribution in [0.4, 0.5) is 0 Å². The van der Waals surface area contributed by atoms with Gasteiger partial charge in [-0.15, -0.1) is 0 Å². The average molecular weight is 375 g/mol. The molecule has 2 heteroatoms. The molecule has 2 aromatic carbocycles. The van der Waals surface area contributed by atoms with Crippen molar-refractivity contribution in [3.8, 4) is 11.3 Å². The first-order valence-corrected chi connectivity index (χ1v) is 13.4. The largest absolute Gasteiger partial charge is 0.220 e. The molecule has 0 saturated heterocycles. The molecule has 0 bridgehead atoms. The van der Waals surface area contributed by atoms with E-state index in [9.17, 15) is 0 Å². The summed E-state index contributed by atoms with van der Waals surface area (Å²) in [6.45, 7) is 11.8. The van der Waals surface area contributed by atoms with E-state index in [2.05, 4.69) is 88.1 Å². The summed E-state index contributed by atoms with van der Waals surface area (Å²) in [5.74, 6) is 0. The van der Waals surface area contributed by atoms with Crippen LogP contribution in [0, 0.1) is 13.8 Å². The van der Waals surface area contributed by atoms with E-state index < -0.39 is 8.07 Å². The fraction of sp³-hybridized carbons (Fsp3) is 0.400. The summed E-state index contributed by atoms with van der Waals surface area (Å²) in [5, 5.41) is 4.38. The lowest BCUT2D eigenvalue weighted by Gasteiger charge is -2.23. The summed E-state index contributed by atoms with van der Waals surface area (Å²) >= 11 is 0. The van der Waals surface area contributed by atoms with Crippen LogP contribution >= 0.6 is 0 Å². The van der Waals surface area contributed by atoms with Crippen LogP contribution < -0.4 is 9.75 Å². The van der Waals surface area contributed by atoms with E-state index >= 15 is 0 Å². The lowest BCUT2D eigenvalue weighted by Crippen LogP contribution is -2.41. The van der Waals surface area contributed by atoms with Gasteiger partial charge in [0, 0.05) is 6.07 Å². The van der Waals surface area contributed by atoms with Gasteiger partial charge in [-0.25, -0.2) is 4.57 Å². The molecule has 1 fully saturated rings. The van der Waals surface area contributed by atoms with Crippen molar-refractivity contribution in [3.63, 3.8) is 0 Å². The maximum Gasteiger partial charge on any atom is 0.220 e. The molecule has 1 aromatic heterocycles. The number of nitrogens with zero attached hydrogens (tertiary/aromatic N) is 1. The Labute approximate surface area is 165 Å². The fourth-order valence-corrected chi connectivity index (χ4v) is 7.66. The van der Waals surface area contributed by atoms with Gasteiger partial charge >= 0.3 is 0 Å². The van der Waals surface area contributed by atoms with Gasteiger partial charge in [0.15, 0.2) is 6.20 Å². The van der Waals surface area contributed by atoms with Crippen LogP contribution in [0.5, 0.6) is 0 Å². The van der Waals surface area contributed by atoms with E-state index in [1.54, 1.807) is 5.19 Å². The maximum atomic E-state index is 2.55. The molecular formula is C25H32NSi+. The molecule has 0 amide bonds. The van der Waals surface area contributed by atoms with Gasteiger partial charge in [0.05, 0.1) is 19.0 Å². The van der Waals surface area contributed by atoms with Crippen molar-refractivity contribution >= 4 is 24.0 Å². The molecule has 0 spiro atoms. The summed E-state index contributed by atoms with van der Waals surface area (Å²) in [4.78, 5) is 0. The Balaban J connectivity index is 1.94. The van der Waals surface area contributed by atoms with Crippen molar-refractivity contribution in [2.24, 2.45) is 7.05 Å². The van der Waals surface area contributed by atoms with Crippen molar-refractivity contribution in [2.75, 3.05) is 0 Å². The van der Waals surface area contributed by atoms with Crippen molar-refractivity contribution in [1.29, 1.82) is 0 Å². The third-order valence-corrected chi connectivity index (χ3v) is 11.3. The predicted octanol–water partition coefficient (Wildman–Crippen LogP) is 5.59. The molecule has 0 aliphatic heterocycles. The molecular weight excluding hydrogens is 342 g/mol. The Hall–Kier alpha value is -1.93. The lowest BCUT2D eigenvalue weighted by atomic mass is 9.93. The number of hydrogen-bond donors (Lipinski definition) is 0. The molecule has 1 aliphatic carbocycles. The smallest absolute Gasteiger partial charge is 0.200 e. The number of hydrogen-bond acceptors (Lipinski definition) is 0. The molecule has 4 rings (SSSR count). The lowest BCUT2D eigenvalue weighted by molar-refractivity contribution is -0.659. The number of pyridine rings is 1. The number of rotatable bonds is 4. The van der Waals surface area contributed by atoms with Crippen LogP contribution in [0.25, 0.3) is 22.0 Å².